The molecule has 2 aliphatic heterocycles. The Morgan fingerprint density at radius 2 is 1.47 bits per heavy atom. The second-order valence-electron chi connectivity index (χ2n) is 8.46. The molecule has 2 aromatic carbocycles. The Morgan fingerprint density at radius 3 is 2.09 bits per heavy atom. The normalized spacial score (nSPS) is 16.7. The smallest absolute Gasteiger partial charge is 0.261 e. The fourth-order valence-corrected chi connectivity index (χ4v) is 5.45. The number of hydrogen-bond acceptors (Lipinski definition) is 6. The first kappa shape index (κ1) is 22.2. The van der Waals surface area contributed by atoms with E-state index in [0.717, 1.165) is 44.1 Å². The van der Waals surface area contributed by atoms with E-state index < -0.39 is 10.0 Å². The summed E-state index contributed by atoms with van der Waals surface area (Å²) >= 11 is 0. The van der Waals surface area contributed by atoms with Gasteiger partial charge in [0.2, 0.25) is 5.91 Å². The molecule has 0 atom stereocenters. The van der Waals surface area contributed by atoms with E-state index in [9.17, 15) is 13.2 Å². The molecule has 34 heavy (non-hydrogen) atoms. The van der Waals surface area contributed by atoms with Gasteiger partial charge in [-0.05, 0) is 55.0 Å². The summed E-state index contributed by atoms with van der Waals surface area (Å²) in [5, 5.41) is 0. The molecule has 176 valence electrons. The van der Waals surface area contributed by atoms with Crippen LogP contribution in [0.1, 0.15) is 12.8 Å². The Morgan fingerprint density at radius 1 is 0.765 bits per heavy atom. The monoisotopic (exact) mass is 477 g/mol. The van der Waals surface area contributed by atoms with Crippen molar-refractivity contribution in [3.8, 4) is 0 Å². The average Bonchev–Trinajstić information content (AvgIpc) is 3.31. The number of rotatable bonds is 6. The van der Waals surface area contributed by atoms with Crippen LogP contribution >= 0.6 is 0 Å². The van der Waals surface area contributed by atoms with Gasteiger partial charge in [0.05, 0.1) is 16.8 Å². The van der Waals surface area contributed by atoms with Crippen molar-refractivity contribution in [3.05, 3.63) is 72.9 Å². The molecule has 2 aliphatic rings. The molecule has 9 heteroatoms. The molecular weight excluding hydrogens is 450 g/mol. The van der Waals surface area contributed by atoms with Gasteiger partial charge in [-0.3, -0.25) is 9.52 Å². The fourth-order valence-electron chi connectivity index (χ4n) is 4.41. The van der Waals surface area contributed by atoms with Crippen LogP contribution in [0.5, 0.6) is 0 Å². The molecule has 0 saturated carbocycles. The molecule has 1 aromatic heterocycles. The highest BCUT2D eigenvalue weighted by atomic mass is 32.2. The third kappa shape index (κ3) is 4.70. The average molecular weight is 478 g/mol. The second kappa shape index (κ2) is 9.34. The summed E-state index contributed by atoms with van der Waals surface area (Å²) < 4.78 is 28.2. The number of benzene rings is 2. The SMILES string of the molecule is O=C1CCCN1c1ccc(S(=O)(=O)Nc2ccc(N3CCN(c4ccccc4)CC3)nc2)cc1. The van der Waals surface area contributed by atoms with Gasteiger partial charge in [0.15, 0.2) is 0 Å². The third-order valence-corrected chi connectivity index (χ3v) is 7.65. The van der Waals surface area contributed by atoms with Crippen molar-refractivity contribution in [2.45, 2.75) is 17.7 Å². The zero-order valence-electron chi connectivity index (χ0n) is 18.8. The molecule has 0 unspecified atom stereocenters. The minimum Gasteiger partial charge on any atom is -0.368 e. The zero-order valence-corrected chi connectivity index (χ0v) is 19.6. The van der Waals surface area contributed by atoms with Crippen LogP contribution in [-0.4, -0.2) is 52.0 Å². The van der Waals surface area contributed by atoms with Crippen molar-refractivity contribution >= 4 is 38.8 Å². The quantitative estimate of drug-likeness (QED) is 0.586. The highest BCUT2D eigenvalue weighted by Crippen LogP contribution is 2.25. The predicted molar refractivity (Wildman–Crippen MR) is 134 cm³/mol. The van der Waals surface area contributed by atoms with Gasteiger partial charge in [0, 0.05) is 50.5 Å². The first-order chi connectivity index (χ1) is 16.5. The van der Waals surface area contributed by atoms with Gasteiger partial charge in [-0.25, -0.2) is 13.4 Å². The van der Waals surface area contributed by atoms with Gasteiger partial charge in [-0.15, -0.1) is 0 Å². The molecule has 3 aromatic rings. The van der Waals surface area contributed by atoms with Gasteiger partial charge < -0.3 is 14.7 Å². The number of amides is 1. The van der Waals surface area contributed by atoms with Crippen molar-refractivity contribution in [2.75, 3.05) is 52.1 Å². The standard InChI is InChI=1S/C25H27N5O3S/c31-25-7-4-14-30(25)22-9-11-23(12-10-22)34(32,33)27-20-8-13-24(26-19-20)29-17-15-28(16-18-29)21-5-2-1-3-6-21/h1-3,5-6,8-13,19,27H,4,7,14-18H2. The van der Waals surface area contributed by atoms with Crippen LogP contribution < -0.4 is 19.4 Å². The Kier molecular flexibility index (Phi) is 6.10. The molecule has 2 fully saturated rings. The number of anilines is 4. The lowest BCUT2D eigenvalue weighted by molar-refractivity contribution is -0.117. The van der Waals surface area contributed by atoms with Gasteiger partial charge in [-0.1, -0.05) is 18.2 Å². The van der Waals surface area contributed by atoms with Gasteiger partial charge in [0.25, 0.3) is 10.0 Å². The summed E-state index contributed by atoms with van der Waals surface area (Å²) in [5.41, 5.74) is 2.35. The van der Waals surface area contributed by atoms with E-state index in [0.29, 0.717) is 18.7 Å². The maximum atomic E-state index is 12.8. The molecule has 0 bridgehead atoms. The van der Waals surface area contributed by atoms with Crippen LogP contribution in [0.25, 0.3) is 0 Å². The van der Waals surface area contributed by atoms with Crippen molar-refractivity contribution in [1.29, 1.82) is 0 Å². The van der Waals surface area contributed by atoms with Crippen molar-refractivity contribution in [1.82, 2.24) is 4.98 Å². The van der Waals surface area contributed by atoms with Crippen LogP contribution in [0, 0.1) is 0 Å². The lowest BCUT2D eigenvalue weighted by atomic mass is 10.2. The molecule has 1 amide bonds. The van der Waals surface area contributed by atoms with E-state index in [1.807, 2.05) is 24.3 Å². The molecule has 0 radical (unpaired) electrons. The largest absolute Gasteiger partial charge is 0.368 e. The van der Waals surface area contributed by atoms with Crippen molar-refractivity contribution in [3.63, 3.8) is 0 Å². The van der Waals surface area contributed by atoms with E-state index in [4.69, 9.17) is 0 Å². The number of pyridine rings is 1. The number of nitrogens with one attached hydrogen (secondary N) is 1. The highest BCUT2D eigenvalue weighted by Gasteiger charge is 2.23. The topological polar surface area (TPSA) is 85.8 Å². The summed E-state index contributed by atoms with van der Waals surface area (Å²) in [6.45, 7) is 4.17. The van der Waals surface area contributed by atoms with E-state index in [2.05, 4.69) is 31.6 Å². The lowest BCUT2D eigenvalue weighted by Crippen LogP contribution is -2.46. The van der Waals surface area contributed by atoms with Crippen molar-refractivity contribution < 1.29 is 13.2 Å². The Hall–Kier alpha value is -3.59. The predicted octanol–water partition coefficient (Wildman–Crippen LogP) is 3.34. The minimum absolute atomic E-state index is 0.0707. The number of hydrogen-bond donors (Lipinski definition) is 1. The maximum absolute atomic E-state index is 12.8. The second-order valence-corrected chi connectivity index (χ2v) is 10.1. The van der Waals surface area contributed by atoms with Crippen molar-refractivity contribution in [2.24, 2.45) is 0 Å². The van der Waals surface area contributed by atoms with Crippen LogP contribution in [-0.2, 0) is 14.8 Å². The molecule has 1 N–H and O–H groups in total. The first-order valence-electron chi connectivity index (χ1n) is 11.4. The molecule has 0 aliphatic carbocycles. The molecule has 0 spiro atoms. The number of carbonyl (C=O) groups is 1. The minimum atomic E-state index is -3.76. The number of aromatic nitrogens is 1. The summed E-state index contributed by atoms with van der Waals surface area (Å²) in [6, 6.07) is 20.3. The highest BCUT2D eigenvalue weighted by molar-refractivity contribution is 7.92. The molecule has 2 saturated heterocycles. The Labute approximate surface area is 199 Å². The Bertz CT molecular complexity index is 1240. The van der Waals surface area contributed by atoms with Crippen LogP contribution in [0.2, 0.25) is 0 Å². The van der Waals surface area contributed by atoms with E-state index >= 15 is 0 Å². The number of piperazine rings is 1. The fraction of sp³-hybridized carbons (Fsp3) is 0.280. The maximum Gasteiger partial charge on any atom is 0.261 e. The van der Waals surface area contributed by atoms with Crippen LogP contribution in [0.4, 0.5) is 22.9 Å². The summed E-state index contributed by atoms with van der Waals surface area (Å²) in [5.74, 6) is 0.900. The van der Waals surface area contributed by atoms with Crippen LogP contribution in [0.3, 0.4) is 0 Å². The third-order valence-electron chi connectivity index (χ3n) is 6.26. The summed E-state index contributed by atoms with van der Waals surface area (Å²) in [4.78, 5) is 22.8. The molecule has 5 rings (SSSR count). The number of nitrogens with zero attached hydrogens (tertiary/aromatic N) is 4. The number of sulfonamides is 1. The Balaban J connectivity index is 1.20. The van der Waals surface area contributed by atoms with Crippen LogP contribution in [0.15, 0.2) is 77.8 Å². The number of carbonyl (C=O) groups excluding carboxylic acids is 1. The van der Waals surface area contributed by atoms with E-state index in [1.165, 1.54) is 17.8 Å². The van der Waals surface area contributed by atoms with Gasteiger partial charge in [0.1, 0.15) is 5.82 Å². The molecule has 3 heterocycles. The zero-order chi connectivity index (χ0) is 23.5. The van der Waals surface area contributed by atoms with E-state index in [1.54, 1.807) is 29.3 Å². The first-order valence-corrected chi connectivity index (χ1v) is 12.9. The van der Waals surface area contributed by atoms with E-state index in [-0.39, 0.29) is 10.8 Å². The summed E-state index contributed by atoms with van der Waals surface area (Å²) in [7, 11) is -3.76. The lowest BCUT2D eigenvalue weighted by Gasteiger charge is -2.36. The molecule has 8 nitrogen and oxygen atoms in total. The molecular formula is C25H27N5O3S. The summed E-state index contributed by atoms with van der Waals surface area (Å²) in [6.07, 6.45) is 2.91. The number of para-hydroxylation sites is 1. The van der Waals surface area contributed by atoms with Gasteiger partial charge in [-0.2, -0.15) is 0 Å². The van der Waals surface area contributed by atoms with Gasteiger partial charge >= 0.3 is 0 Å².